The van der Waals surface area contributed by atoms with Crippen molar-refractivity contribution >= 4 is 5.91 Å². The molecule has 16 heavy (non-hydrogen) atoms. The van der Waals surface area contributed by atoms with E-state index in [1.807, 2.05) is 11.8 Å². The van der Waals surface area contributed by atoms with Crippen LogP contribution in [0.15, 0.2) is 38.0 Å². The van der Waals surface area contributed by atoms with E-state index in [1.54, 1.807) is 12.2 Å². The lowest BCUT2D eigenvalue weighted by molar-refractivity contribution is -0.125. The van der Waals surface area contributed by atoms with Crippen LogP contribution in [0.4, 0.5) is 0 Å². The highest BCUT2D eigenvalue weighted by Crippen LogP contribution is 2.00. The van der Waals surface area contributed by atoms with Crippen LogP contribution in [0, 0.1) is 0 Å². The Morgan fingerprint density at radius 1 is 1.38 bits per heavy atom. The van der Waals surface area contributed by atoms with Crippen LogP contribution in [0.25, 0.3) is 0 Å². The molecule has 0 aromatic rings. The van der Waals surface area contributed by atoms with Crippen molar-refractivity contribution < 1.29 is 4.79 Å². The third-order valence-corrected chi connectivity index (χ3v) is 2.22. The summed E-state index contributed by atoms with van der Waals surface area (Å²) in [4.78, 5) is 13.7. The van der Waals surface area contributed by atoms with Crippen LogP contribution in [-0.2, 0) is 4.79 Å². The summed E-state index contributed by atoms with van der Waals surface area (Å²) in [6, 6.07) is -0.276. The third kappa shape index (κ3) is 4.91. The third-order valence-electron chi connectivity index (χ3n) is 2.22. The summed E-state index contributed by atoms with van der Waals surface area (Å²) in [5.41, 5.74) is 5.55. The lowest BCUT2D eigenvalue weighted by atomic mass is 10.2. The highest BCUT2D eigenvalue weighted by molar-refractivity contribution is 5.81. The largest absolute Gasteiger partial charge is 0.336 e. The first-order valence-corrected chi connectivity index (χ1v) is 5.21. The van der Waals surface area contributed by atoms with Gasteiger partial charge in [0.15, 0.2) is 0 Å². The number of hydrogen-bond donors (Lipinski definition) is 2. The molecule has 0 aliphatic heterocycles. The topological polar surface area (TPSA) is 58.4 Å². The van der Waals surface area contributed by atoms with Crippen molar-refractivity contribution in [3.05, 3.63) is 38.0 Å². The summed E-state index contributed by atoms with van der Waals surface area (Å²) in [6.07, 6.45) is 4.47. The maximum atomic E-state index is 11.8. The van der Waals surface area contributed by atoms with Gasteiger partial charge in [-0.2, -0.15) is 0 Å². The summed E-state index contributed by atoms with van der Waals surface area (Å²) >= 11 is 0. The Labute approximate surface area is 97.5 Å². The predicted octanol–water partition coefficient (Wildman–Crippen LogP) is 0.636. The van der Waals surface area contributed by atoms with Gasteiger partial charge < -0.3 is 11.1 Å². The van der Waals surface area contributed by atoms with E-state index in [1.165, 1.54) is 6.08 Å². The maximum Gasteiger partial charge on any atom is 0.238 e. The monoisotopic (exact) mass is 223 g/mol. The molecule has 90 valence electrons. The van der Waals surface area contributed by atoms with Gasteiger partial charge >= 0.3 is 0 Å². The molecule has 0 spiro atoms. The number of nitrogens with two attached hydrogens (primary N) is 1. The minimum Gasteiger partial charge on any atom is -0.336 e. The fourth-order valence-electron chi connectivity index (χ4n) is 1.23. The van der Waals surface area contributed by atoms with Gasteiger partial charge in [-0.1, -0.05) is 24.8 Å². The van der Waals surface area contributed by atoms with Crippen molar-refractivity contribution in [3.8, 4) is 0 Å². The molecule has 4 heteroatoms. The minimum absolute atomic E-state index is 0.129. The molecule has 0 radical (unpaired) electrons. The maximum absolute atomic E-state index is 11.8. The Morgan fingerprint density at radius 2 is 1.88 bits per heavy atom. The molecule has 0 saturated carbocycles. The van der Waals surface area contributed by atoms with Crippen LogP contribution >= 0.6 is 0 Å². The molecule has 1 unspecified atom stereocenters. The zero-order chi connectivity index (χ0) is 12.6. The van der Waals surface area contributed by atoms with Gasteiger partial charge in [-0.05, 0) is 6.92 Å². The zero-order valence-electron chi connectivity index (χ0n) is 9.86. The average molecular weight is 223 g/mol. The van der Waals surface area contributed by atoms with Crippen molar-refractivity contribution in [1.29, 1.82) is 0 Å². The Kier molecular flexibility index (Phi) is 7.16. The van der Waals surface area contributed by atoms with Gasteiger partial charge in [-0.25, -0.2) is 0 Å². The van der Waals surface area contributed by atoms with Crippen molar-refractivity contribution in [2.45, 2.75) is 19.1 Å². The summed E-state index contributed by atoms with van der Waals surface area (Å²) in [5, 5.41) is 2.64. The van der Waals surface area contributed by atoms with Crippen LogP contribution in [0.1, 0.15) is 6.92 Å². The zero-order valence-corrected chi connectivity index (χ0v) is 9.86. The molecule has 0 saturated heterocycles. The Bertz CT molecular complexity index is 253. The number of nitrogens with zero attached hydrogens (tertiary/aromatic N) is 1. The summed E-state index contributed by atoms with van der Waals surface area (Å²) < 4.78 is 0. The van der Waals surface area contributed by atoms with Crippen LogP contribution < -0.4 is 11.1 Å². The van der Waals surface area contributed by atoms with Crippen molar-refractivity contribution in [2.24, 2.45) is 5.73 Å². The summed E-state index contributed by atoms with van der Waals surface area (Å²) in [6.45, 7) is 13.9. The van der Waals surface area contributed by atoms with E-state index < -0.39 is 6.17 Å². The van der Waals surface area contributed by atoms with E-state index in [0.29, 0.717) is 13.1 Å². The van der Waals surface area contributed by atoms with Gasteiger partial charge in [0, 0.05) is 13.1 Å². The SMILES string of the molecule is C=CCN(CC=C)[C@@H](C)C(=O)NC(N)C=C. The van der Waals surface area contributed by atoms with E-state index in [9.17, 15) is 4.79 Å². The summed E-state index contributed by atoms with van der Waals surface area (Å²) in [5.74, 6) is -0.129. The van der Waals surface area contributed by atoms with Gasteiger partial charge in [-0.3, -0.25) is 9.69 Å². The first-order valence-electron chi connectivity index (χ1n) is 5.21. The van der Waals surface area contributed by atoms with E-state index in [0.717, 1.165) is 0 Å². The smallest absolute Gasteiger partial charge is 0.238 e. The second kappa shape index (κ2) is 7.84. The van der Waals surface area contributed by atoms with Gasteiger partial charge in [-0.15, -0.1) is 13.2 Å². The molecule has 0 heterocycles. The molecular formula is C12H21N3O. The number of carbonyl (C=O) groups is 1. The molecule has 0 aliphatic rings. The molecule has 3 N–H and O–H groups in total. The van der Waals surface area contributed by atoms with Crippen molar-refractivity contribution in [1.82, 2.24) is 10.2 Å². The van der Waals surface area contributed by atoms with E-state index in [4.69, 9.17) is 5.73 Å². The molecule has 0 aromatic heterocycles. The molecule has 0 fully saturated rings. The molecule has 0 aliphatic carbocycles. The Morgan fingerprint density at radius 3 is 2.25 bits per heavy atom. The van der Waals surface area contributed by atoms with E-state index in [-0.39, 0.29) is 11.9 Å². The Balaban J connectivity index is 4.40. The van der Waals surface area contributed by atoms with Gasteiger partial charge in [0.05, 0.1) is 12.2 Å². The second-order valence-electron chi connectivity index (χ2n) is 3.48. The molecule has 1 amide bonds. The molecule has 2 atom stereocenters. The highest BCUT2D eigenvalue weighted by Gasteiger charge is 2.19. The molecule has 0 rings (SSSR count). The van der Waals surface area contributed by atoms with Crippen LogP contribution in [0.5, 0.6) is 0 Å². The number of rotatable bonds is 8. The number of nitrogens with one attached hydrogen (secondary N) is 1. The average Bonchev–Trinajstić information content (AvgIpc) is 2.27. The molecule has 0 aromatic carbocycles. The quantitative estimate of drug-likeness (QED) is 0.469. The van der Waals surface area contributed by atoms with Crippen molar-refractivity contribution in [3.63, 3.8) is 0 Å². The van der Waals surface area contributed by atoms with E-state index in [2.05, 4.69) is 25.1 Å². The van der Waals surface area contributed by atoms with Crippen molar-refractivity contribution in [2.75, 3.05) is 13.1 Å². The Hall–Kier alpha value is -1.39. The van der Waals surface area contributed by atoms with Crippen LogP contribution in [0.2, 0.25) is 0 Å². The summed E-state index contributed by atoms with van der Waals surface area (Å²) in [7, 11) is 0. The molecule has 0 bridgehead atoms. The highest BCUT2D eigenvalue weighted by atomic mass is 16.2. The predicted molar refractivity (Wildman–Crippen MR) is 67.7 cm³/mol. The number of hydrogen-bond acceptors (Lipinski definition) is 3. The van der Waals surface area contributed by atoms with E-state index >= 15 is 0 Å². The lowest BCUT2D eigenvalue weighted by Crippen LogP contribution is -2.50. The second-order valence-corrected chi connectivity index (χ2v) is 3.48. The van der Waals surface area contributed by atoms with Gasteiger partial charge in [0.1, 0.15) is 0 Å². The van der Waals surface area contributed by atoms with Gasteiger partial charge in [0.2, 0.25) is 5.91 Å². The first-order chi connectivity index (χ1) is 7.56. The molecule has 4 nitrogen and oxygen atoms in total. The van der Waals surface area contributed by atoms with Gasteiger partial charge in [0.25, 0.3) is 0 Å². The lowest BCUT2D eigenvalue weighted by Gasteiger charge is -2.26. The fraction of sp³-hybridized carbons (Fsp3) is 0.417. The standard InChI is InChI=1S/C12H21N3O/c1-5-8-15(9-6-2)10(4)12(16)14-11(13)7-3/h5-7,10-11H,1-3,8-9,13H2,4H3,(H,14,16)/t10-,11?/m0/s1. The van der Waals surface area contributed by atoms with Crippen LogP contribution in [0.3, 0.4) is 0 Å². The fourth-order valence-corrected chi connectivity index (χ4v) is 1.23. The number of amides is 1. The minimum atomic E-state index is -0.510. The van der Waals surface area contributed by atoms with Crippen LogP contribution in [-0.4, -0.2) is 36.1 Å². The number of carbonyl (C=O) groups excluding carboxylic acids is 1. The first kappa shape index (κ1) is 14.6. The molecular weight excluding hydrogens is 202 g/mol. The normalized spacial score (nSPS) is 13.9.